The van der Waals surface area contributed by atoms with Gasteiger partial charge in [0.15, 0.2) is 6.10 Å². The van der Waals surface area contributed by atoms with Gasteiger partial charge in [-0.15, -0.1) is 0 Å². The second-order valence-electron chi connectivity index (χ2n) is 15.6. The number of nitrogens with zero attached hydrogens (tertiary/aromatic N) is 2. The van der Waals surface area contributed by atoms with Crippen LogP contribution in [0.2, 0.25) is 0 Å². The molecule has 3 aromatic rings. The minimum atomic E-state index is -4.89. The molecule has 2 bridgehead atoms. The zero-order valence-corrected chi connectivity index (χ0v) is 40.9. The van der Waals surface area contributed by atoms with Gasteiger partial charge in [-0.2, -0.15) is 0 Å². The van der Waals surface area contributed by atoms with Crippen molar-refractivity contribution in [2.24, 2.45) is 5.73 Å². The van der Waals surface area contributed by atoms with Crippen molar-refractivity contribution >= 4 is 76.7 Å². The molecule has 0 saturated carbocycles. The number of benzene rings is 3. The summed E-state index contributed by atoms with van der Waals surface area (Å²) in [7, 11) is -3.08. The Morgan fingerprint density at radius 2 is 1.68 bits per heavy atom. The summed E-state index contributed by atoms with van der Waals surface area (Å²) in [5.41, 5.74) is 6.21. The van der Waals surface area contributed by atoms with E-state index in [1.807, 2.05) is 48.5 Å². The van der Waals surface area contributed by atoms with Crippen molar-refractivity contribution in [2.75, 3.05) is 63.3 Å². The summed E-state index contributed by atoms with van der Waals surface area (Å²) in [6.07, 6.45) is -0.704. The number of phosphoric ester groups is 1. The molecule has 73 heavy (non-hydrogen) atoms. The van der Waals surface area contributed by atoms with Crippen LogP contribution in [-0.2, 0) is 42.4 Å². The second-order valence-corrected chi connectivity index (χ2v) is 19.2. The Balaban J connectivity index is 1.25. The molecule has 26 heteroatoms. The average molecular weight is 1060 g/mol. The van der Waals surface area contributed by atoms with Crippen LogP contribution in [0.4, 0.5) is 25.8 Å². The Labute approximate surface area is 424 Å². The molecule has 0 spiro atoms. The number of hydrogen-bond acceptors (Lipinski definition) is 17. The monoisotopic (exact) mass is 1060 g/mol. The first-order chi connectivity index (χ1) is 35.0. The molecule has 0 fully saturated rings. The lowest BCUT2D eigenvalue weighted by Crippen LogP contribution is -2.50. The number of non-ortho nitro benzene ring substituents is 1. The molecule has 3 atom stereocenters. The van der Waals surface area contributed by atoms with Gasteiger partial charge in [-0.3, -0.25) is 29.1 Å². The van der Waals surface area contributed by atoms with E-state index in [0.29, 0.717) is 0 Å². The number of carboxylic acids is 1. The number of phosphoric acid groups is 1. The summed E-state index contributed by atoms with van der Waals surface area (Å²) in [4.78, 5) is 111. The number of hydrogen-bond donors (Lipinski definition) is 7. The third kappa shape index (κ3) is 15.2. The Kier molecular flexibility index (Phi) is 19.6. The van der Waals surface area contributed by atoms with Crippen LogP contribution in [0.15, 0.2) is 95.4 Å². The fraction of sp³-hybridized carbons (Fsp3) is 0.319. The molecule has 0 aliphatic heterocycles. The summed E-state index contributed by atoms with van der Waals surface area (Å²) < 4.78 is 38.0. The van der Waals surface area contributed by atoms with Crippen molar-refractivity contribution < 1.29 is 76.6 Å². The molecule has 23 nitrogen and oxygen atoms in total. The quantitative estimate of drug-likeness (QED) is 0.0133. The minimum absolute atomic E-state index is 0.0508. The number of Topliss-reactive ketones (excluding diaryl/α,β-unsaturated/α-hetero) is 1. The zero-order valence-electron chi connectivity index (χ0n) is 38.4. The van der Waals surface area contributed by atoms with Crippen LogP contribution in [0.25, 0.3) is 11.1 Å². The number of rotatable bonds is 23. The molecule has 3 aliphatic carbocycles. The summed E-state index contributed by atoms with van der Waals surface area (Å²) in [6.45, 7) is -2.71. The van der Waals surface area contributed by atoms with E-state index >= 15 is 0 Å². The highest BCUT2D eigenvalue weighted by Gasteiger charge is 2.48. The summed E-state index contributed by atoms with van der Waals surface area (Å²) >= 11 is 0. The number of amides is 4. The van der Waals surface area contributed by atoms with E-state index in [-0.39, 0.29) is 66.9 Å². The van der Waals surface area contributed by atoms with Gasteiger partial charge in [0.25, 0.3) is 5.69 Å². The van der Waals surface area contributed by atoms with Gasteiger partial charge in [0.05, 0.1) is 30.4 Å². The maximum Gasteiger partial charge on any atom is 0.469 e. The highest BCUT2D eigenvalue weighted by Crippen LogP contribution is 2.45. The molecule has 4 amide bonds. The number of aliphatic carboxylic acids is 1. The first kappa shape index (κ1) is 55.1. The van der Waals surface area contributed by atoms with Gasteiger partial charge in [0.2, 0.25) is 17.3 Å². The molecule has 6 rings (SSSR count). The Hall–Kier alpha value is -7.19. The molecule has 384 valence electrons. The number of carbonyl (C=O) groups is 6. The predicted molar refractivity (Wildman–Crippen MR) is 264 cm³/mol. The fourth-order valence-electron chi connectivity index (χ4n) is 7.52. The van der Waals surface area contributed by atoms with Crippen LogP contribution in [0.1, 0.15) is 29.9 Å². The number of alkyl carbamates (subject to hydrolysis) is 2. The van der Waals surface area contributed by atoms with Gasteiger partial charge in [-0.05, 0) is 58.7 Å². The highest BCUT2D eigenvalue weighted by atomic mass is 33.1. The molecule has 3 aromatic carbocycles. The lowest BCUT2D eigenvalue weighted by Gasteiger charge is -2.34. The predicted octanol–water partition coefficient (Wildman–Crippen LogP) is 4.17. The number of carbonyl (C=O) groups excluding carboxylic acids is 5. The standard InChI is InChI=1S/C47H47N6O17PS2/c48-20-21-50-44(58)69-39-15-3-1-2-8-18-47(19-9-14-35(39)42(47)56)70-46(60)52(23-25-66-28-41(54)55)38-26-30(53(61)62)16-17-40(38)73-72-29-37(43(57)49-22-24-68-71(63,64)65)51-45(59)67-27-36-33-12-6-4-10-31(33)32-11-5-7-13-34(32)36/h1-2,4-7,10-14,16-17,26,36-37,39H,9,19-25,27-29,48H2,(H,49,57)(H,50,58)(H,51,59)(H,54,55)(H2,63,64,65)/b2-1-. The lowest BCUT2D eigenvalue weighted by molar-refractivity contribution is -0.384. The lowest BCUT2D eigenvalue weighted by atomic mass is 9.81. The smallest absolute Gasteiger partial charge is 0.469 e. The van der Waals surface area contributed by atoms with Gasteiger partial charge in [0.1, 0.15) is 19.3 Å². The summed E-state index contributed by atoms with van der Waals surface area (Å²) in [6, 6.07) is 17.3. The Morgan fingerprint density at radius 3 is 2.37 bits per heavy atom. The summed E-state index contributed by atoms with van der Waals surface area (Å²) in [5.74, 6) is 7.05. The van der Waals surface area contributed by atoms with Crippen molar-refractivity contribution in [1.82, 2.24) is 16.0 Å². The third-order valence-corrected chi connectivity index (χ3v) is 13.7. The first-order valence-electron chi connectivity index (χ1n) is 22.1. The molecule has 0 aromatic heterocycles. The number of fused-ring (bicyclic) bond motifs is 5. The average Bonchev–Trinajstić information content (AvgIpc) is 3.67. The van der Waals surface area contributed by atoms with Gasteiger partial charge >= 0.3 is 32.1 Å². The van der Waals surface area contributed by atoms with E-state index in [1.165, 1.54) is 24.3 Å². The highest BCUT2D eigenvalue weighted by molar-refractivity contribution is 8.76. The zero-order chi connectivity index (χ0) is 52.5. The van der Waals surface area contributed by atoms with Crippen molar-refractivity contribution in [3.63, 3.8) is 0 Å². The van der Waals surface area contributed by atoms with E-state index in [0.717, 1.165) is 60.9 Å². The van der Waals surface area contributed by atoms with Crippen LogP contribution >= 0.6 is 29.4 Å². The Morgan fingerprint density at radius 1 is 0.973 bits per heavy atom. The van der Waals surface area contributed by atoms with Crippen LogP contribution in [0.3, 0.4) is 0 Å². The Bertz CT molecular complexity index is 2810. The maximum atomic E-state index is 14.6. The molecular weight excluding hydrogens is 1020 g/mol. The van der Waals surface area contributed by atoms with Crippen LogP contribution in [0, 0.1) is 33.8 Å². The number of allylic oxidation sites excluding steroid dienone is 3. The molecule has 0 radical (unpaired) electrons. The van der Waals surface area contributed by atoms with Crippen molar-refractivity contribution in [2.45, 2.75) is 41.4 Å². The molecule has 3 unspecified atom stereocenters. The number of nitrogens with one attached hydrogen (secondary N) is 3. The van der Waals surface area contributed by atoms with Crippen molar-refractivity contribution in [3.8, 4) is 34.8 Å². The number of carboxylic acid groups (broad SMARTS) is 1. The number of anilines is 1. The summed E-state index contributed by atoms with van der Waals surface area (Å²) in [5, 5.41) is 28.8. The number of ether oxygens (including phenoxy) is 4. The fourth-order valence-corrected chi connectivity index (χ4v) is 10.2. The largest absolute Gasteiger partial charge is 0.480 e. The second kappa shape index (κ2) is 26.0. The van der Waals surface area contributed by atoms with E-state index in [4.69, 9.17) is 34.5 Å². The van der Waals surface area contributed by atoms with Gasteiger partial charge in [-0.1, -0.05) is 88.0 Å². The number of nitro benzene ring substituents is 1. The van der Waals surface area contributed by atoms with Gasteiger partial charge < -0.3 is 55.5 Å². The van der Waals surface area contributed by atoms with E-state index in [1.54, 1.807) is 0 Å². The van der Waals surface area contributed by atoms with E-state index < -0.39 is 98.5 Å². The maximum absolute atomic E-state index is 14.6. The van der Waals surface area contributed by atoms with Gasteiger partial charge in [0, 0.05) is 60.3 Å². The van der Waals surface area contributed by atoms with E-state index in [2.05, 4.69) is 44.2 Å². The normalized spacial score (nSPS) is 17.3. The van der Waals surface area contributed by atoms with Crippen LogP contribution in [-0.4, -0.2) is 132 Å². The molecular formula is C47H47N6O17PS2. The third-order valence-electron chi connectivity index (χ3n) is 10.8. The van der Waals surface area contributed by atoms with Crippen molar-refractivity contribution in [1.29, 1.82) is 0 Å². The minimum Gasteiger partial charge on any atom is -0.480 e. The number of nitrogens with two attached hydrogens (primary N) is 1. The van der Waals surface area contributed by atoms with Gasteiger partial charge in [-0.25, -0.2) is 23.7 Å². The molecule has 8 N–H and O–H groups in total. The molecule has 3 aliphatic rings. The molecule has 0 saturated heterocycles. The van der Waals surface area contributed by atoms with E-state index in [9.17, 15) is 48.6 Å². The number of nitro groups is 1. The van der Waals surface area contributed by atoms with Crippen LogP contribution < -0.4 is 26.6 Å². The SMILES string of the molecule is NCCNC(=O)OC1C#C/C=C\C#CC2(OC(=O)N(CCOCC(=O)O)c3cc([N+](=O)[O-])ccc3SSCC(NC(=O)OCC3c4ccccc4-c4ccccc43)C(=O)NCCOP(=O)(O)O)CCC=C1C2=O. The van der Waals surface area contributed by atoms with Crippen molar-refractivity contribution in [3.05, 3.63) is 112 Å². The first-order valence-corrected chi connectivity index (χ1v) is 25.9. The topological polar surface area (TPSA) is 335 Å². The van der Waals surface area contributed by atoms with Crippen LogP contribution in [0.5, 0.6) is 0 Å². The molecule has 0 heterocycles. The number of ketones is 1.